The van der Waals surface area contributed by atoms with Crippen molar-refractivity contribution in [3.05, 3.63) is 77.4 Å². The van der Waals surface area contributed by atoms with Crippen LogP contribution in [0.3, 0.4) is 0 Å². The van der Waals surface area contributed by atoms with Crippen molar-refractivity contribution in [1.29, 1.82) is 0 Å². The molecule has 1 aliphatic rings. The molecule has 0 aliphatic carbocycles. The lowest BCUT2D eigenvalue weighted by Crippen LogP contribution is -2.41. The fraction of sp³-hybridized carbons (Fsp3) is 0.150. The Hall–Kier alpha value is -3.62. The molecule has 3 aromatic rings. The standard InChI is InChI=1S/C20H14F3N3O3/c1-20(15-8-13(22)6-7-16(15)23)18(27)26(19(28)25-20)9-14-10-29-17(24-14)11-2-4-12(21)5-3-11/h2-8,10H,9H2,1H3,(H,25,28). The maximum absolute atomic E-state index is 14.2. The molecule has 0 radical (unpaired) electrons. The SMILES string of the molecule is CC1(c2cc(F)ccc2F)NC(=O)N(Cc2coc(-c3ccc(F)cc3)n2)C1=O. The van der Waals surface area contributed by atoms with Gasteiger partial charge in [0.05, 0.1) is 12.2 Å². The summed E-state index contributed by atoms with van der Waals surface area (Å²) in [6, 6.07) is 7.36. The summed E-state index contributed by atoms with van der Waals surface area (Å²) in [5.74, 6) is -2.53. The molecule has 1 unspecified atom stereocenters. The van der Waals surface area contributed by atoms with Crippen molar-refractivity contribution < 1.29 is 27.2 Å². The smallest absolute Gasteiger partial charge is 0.325 e. The minimum atomic E-state index is -1.76. The van der Waals surface area contributed by atoms with Crippen LogP contribution < -0.4 is 5.32 Å². The maximum atomic E-state index is 14.2. The van der Waals surface area contributed by atoms with E-state index in [0.29, 0.717) is 5.56 Å². The maximum Gasteiger partial charge on any atom is 0.325 e. The number of imide groups is 1. The van der Waals surface area contributed by atoms with Crippen molar-refractivity contribution >= 4 is 11.9 Å². The lowest BCUT2D eigenvalue weighted by Gasteiger charge is -2.22. The molecule has 0 bridgehead atoms. The summed E-state index contributed by atoms with van der Waals surface area (Å²) in [5, 5.41) is 2.41. The van der Waals surface area contributed by atoms with Crippen LogP contribution in [0.1, 0.15) is 18.2 Å². The number of oxazole rings is 1. The molecule has 0 saturated carbocycles. The zero-order chi connectivity index (χ0) is 20.8. The van der Waals surface area contributed by atoms with Gasteiger partial charge in [-0.2, -0.15) is 0 Å². The fourth-order valence-corrected chi connectivity index (χ4v) is 3.17. The molecule has 148 valence electrons. The van der Waals surface area contributed by atoms with E-state index in [-0.39, 0.29) is 23.7 Å². The normalized spacial score (nSPS) is 19.0. The number of aromatic nitrogens is 1. The minimum Gasteiger partial charge on any atom is -0.444 e. The highest BCUT2D eigenvalue weighted by Gasteiger charge is 2.50. The summed E-state index contributed by atoms with van der Waals surface area (Å²) in [4.78, 5) is 30.3. The van der Waals surface area contributed by atoms with Gasteiger partial charge in [-0.15, -0.1) is 0 Å². The zero-order valence-corrected chi connectivity index (χ0v) is 15.1. The van der Waals surface area contributed by atoms with E-state index in [0.717, 1.165) is 23.1 Å². The van der Waals surface area contributed by atoms with Crippen molar-refractivity contribution in [3.8, 4) is 11.5 Å². The van der Waals surface area contributed by atoms with E-state index in [9.17, 15) is 22.8 Å². The average Bonchev–Trinajstić information content (AvgIpc) is 3.24. The molecule has 1 N–H and O–H groups in total. The number of urea groups is 1. The Morgan fingerprint density at radius 3 is 2.48 bits per heavy atom. The van der Waals surface area contributed by atoms with E-state index in [1.165, 1.54) is 37.5 Å². The summed E-state index contributed by atoms with van der Waals surface area (Å²) >= 11 is 0. The molecule has 0 spiro atoms. The van der Waals surface area contributed by atoms with Crippen LogP contribution in [-0.4, -0.2) is 21.8 Å². The van der Waals surface area contributed by atoms with Gasteiger partial charge in [-0.25, -0.2) is 22.9 Å². The summed E-state index contributed by atoms with van der Waals surface area (Å²) in [7, 11) is 0. The Balaban J connectivity index is 1.59. The molecule has 1 fully saturated rings. The lowest BCUT2D eigenvalue weighted by atomic mass is 9.91. The molecule has 2 aromatic carbocycles. The van der Waals surface area contributed by atoms with Gasteiger partial charge < -0.3 is 9.73 Å². The van der Waals surface area contributed by atoms with E-state index < -0.39 is 34.9 Å². The van der Waals surface area contributed by atoms with Gasteiger partial charge in [0, 0.05) is 11.1 Å². The topological polar surface area (TPSA) is 75.4 Å². The molecule has 1 aromatic heterocycles. The summed E-state index contributed by atoms with van der Waals surface area (Å²) in [5.41, 5.74) is -1.25. The summed E-state index contributed by atoms with van der Waals surface area (Å²) in [6.07, 6.45) is 1.26. The van der Waals surface area contributed by atoms with Crippen LogP contribution in [0.5, 0.6) is 0 Å². The van der Waals surface area contributed by atoms with Crippen LogP contribution in [0.4, 0.5) is 18.0 Å². The number of nitrogens with zero attached hydrogens (tertiary/aromatic N) is 2. The van der Waals surface area contributed by atoms with E-state index in [4.69, 9.17) is 4.42 Å². The van der Waals surface area contributed by atoms with Gasteiger partial charge in [-0.3, -0.25) is 9.69 Å². The monoisotopic (exact) mass is 401 g/mol. The van der Waals surface area contributed by atoms with Crippen LogP contribution in [0.25, 0.3) is 11.5 Å². The van der Waals surface area contributed by atoms with Crippen LogP contribution in [0.2, 0.25) is 0 Å². The molecular formula is C20H14F3N3O3. The van der Waals surface area contributed by atoms with Gasteiger partial charge in [0.15, 0.2) is 0 Å². The van der Waals surface area contributed by atoms with Gasteiger partial charge in [0.25, 0.3) is 5.91 Å². The third-order valence-electron chi connectivity index (χ3n) is 4.71. The lowest BCUT2D eigenvalue weighted by molar-refractivity contribution is -0.131. The number of carbonyl (C=O) groups excluding carboxylic acids is 2. The molecule has 29 heavy (non-hydrogen) atoms. The Labute approximate surface area is 163 Å². The van der Waals surface area contributed by atoms with E-state index in [2.05, 4.69) is 10.3 Å². The van der Waals surface area contributed by atoms with Gasteiger partial charge in [-0.05, 0) is 49.4 Å². The first-order valence-corrected chi connectivity index (χ1v) is 8.58. The summed E-state index contributed by atoms with van der Waals surface area (Å²) < 4.78 is 46.1. The molecule has 9 heteroatoms. The Morgan fingerprint density at radius 2 is 1.76 bits per heavy atom. The second kappa shape index (κ2) is 6.77. The quantitative estimate of drug-likeness (QED) is 0.676. The number of carbonyl (C=O) groups is 2. The number of halogens is 3. The number of hydrogen-bond acceptors (Lipinski definition) is 4. The van der Waals surface area contributed by atoms with E-state index >= 15 is 0 Å². The largest absolute Gasteiger partial charge is 0.444 e. The van der Waals surface area contributed by atoms with Crippen molar-refractivity contribution in [1.82, 2.24) is 15.2 Å². The van der Waals surface area contributed by atoms with Crippen molar-refractivity contribution in [2.75, 3.05) is 0 Å². The third-order valence-corrected chi connectivity index (χ3v) is 4.71. The summed E-state index contributed by atoms with van der Waals surface area (Å²) in [6.45, 7) is 1.07. The van der Waals surface area contributed by atoms with E-state index in [1.807, 2.05) is 0 Å². The zero-order valence-electron chi connectivity index (χ0n) is 15.1. The van der Waals surface area contributed by atoms with Gasteiger partial charge in [-0.1, -0.05) is 0 Å². The number of amides is 3. The molecule has 1 aliphatic heterocycles. The Kier molecular flexibility index (Phi) is 4.37. The van der Waals surface area contributed by atoms with Crippen LogP contribution in [-0.2, 0) is 16.9 Å². The molecule has 1 saturated heterocycles. The predicted molar refractivity (Wildman–Crippen MR) is 94.7 cm³/mol. The Morgan fingerprint density at radius 1 is 1.07 bits per heavy atom. The minimum absolute atomic E-state index is 0.186. The van der Waals surface area contributed by atoms with E-state index in [1.54, 1.807) is 0 Å². The number of benzene rings is 2. The van der Waals surface area contributed by atoms with Crippen LogP contribution in [0, 0.1) is 17.5 Å². The van der Waals surface area contributed by atoms with Crippen molar-refractivity contribution in [2.45, 2.75) is 19.0 Å². The first-order valence-electron chi connectivity index (χ1n) is 8.58. The van der Waals surface area contributed by atoms with Crippen LogP contribution in [0.15, 0.2) is 53.1 Å². The van der Waals surface area contributed by atoms with Crippen molar-refractivity contribution in [3.63, 3.8) is 0 Å². The Bertz CT molecular complexity index is 1110. The molecule has 1 atom stereocenters. The van der Waals surface area contributed by atoms with Gasteiger partial charge >= 0.3 is 6.03 Å². The second-order valence-electron chi connectivity index (χ2n) is 6.72. The highest BCUT2D eigenvalue weighted by molar-refractivity contribution is 6.07. The molecule has 3 amide bonds. The predicted octanol–water partition coefficient (Wildman–Crippen LogP) is 3.73. The first kappa shape index (κ1) is 18.7. The highest BCUT2D eigenvalue weighted by atomic mass is 19.1. The van der Waals surface area contributed by atoms with Crippen LogP contribution >= 0.6 is 0 Å². The first-order chi connectivity index (χ1) is 13.8. The number of nitrogens with one attached hydrogen (secondary N) is 1. The molecule has 6 nitrogen and oxygen atoms in total. The third kappa shape index (κ3) is 3.24. The second-order valence-corrected chi connectivity index (χ2v) is 6.72. The highest BCUT2D eigenvalue weighted by Crippen LogP contribution is 2.32. The molecule has 2 heterocycles. The van der Waals surface area contributed by atoms with Crippen molar-refractivity contribution in [2.24, 2.45) is 0 Å². The number of rotatable bonds is 4. The van der Waals surface area contributed by atoms with Gasteiger partial charge in [0.2, 0.25) is 5.89 Å². The molecule has 4 rings (SSSR count). The average molecular weight is 401 g/mol. The molecular weight excluding hydrogens is 387 g/mol. The van der Waals surface area contributed by atoms with Gasteiger partial charge in [0.1, 0.15) is 29.3 Å². The number of hydrogen-bond donors (Lipinski definition) is 1. The fourth-order valence-electron chi connectivity index (χ4n) is 3.17.